The first kappa shape index (κ1) is 14.1. The van der Waals surface area contributed by atoms with Gasteiger partial charge in [0.25, 0.3) is 0 Å². The molecule has 1 unspecified atom stereocenters. The van der Waals surface area contributed by atoms with E-state index in [-0.39, 0.29) is 0 Å². The van der Waals surface area contributed by atoms with Crippen molar-refractivity contribution >= 4 is 10.9 Å². The molecular formula is C15H23N3O. The number of aromatic amines is 1. The van der Waals surface area contributed by atoms with E-state index in [4.69, 9.17) is 4.74 Å². The highest BCUT2D eigenvalue weighted by Gasteiger charge is 2.04. The molecule has 0 saturated carbocycles. The van der Waals surface area contributed by atoms with Crippen LogP contribution in [-0.2, 0) is 11.3 Å². The third-order valence-corrected chi connectivity index (χ3v) is 3.25. The molecule has 0 saturated heterocycles. The van der Waals surface area contributed by atoms with Crippen LogP contribution in [0.25, 0.3) is 10.9 Å². The van der Waals surface area contributed by atoms with E-state index >= 15 is 0 Å². The number of hydrogen-bond donors (Lipinski definition) is 3. The minimum Gasteiger partial charge on any atom is -0.383 e. The van der Waals surface area contributed by atoms with Gasteiger partial charge in [-0.1, -0.05) is 18.2 Å². The van der Waals surface area contributed by atoms with Crippen molar-refractivity contribution in [3.8, 4) is 0 Å². The number of rotatable bonds is 8. The number of nitrogens with one attached hydrogen (secondary N) is 3. The van der Waals surface area contributed by atoms with Crippen LogP contribution in [0.15, 0.2) is 30.5 Å². The molecule has 3 N–H and O–H groups in total. The van der Waals surface area contributed by atoms with Gasteiger partial charge in [-0.3, -0.25) is 0 Å². The first-order valence-electron chi connectivity index (χ1n) is 6.79. The second-order valence-corrected chi connectivity index (χ2v) is 4.84. The average molecular weight is 261 g/mol. The molecule has 104 valence electrons. The lowest BCUT2D eigenvalue weighted by Crippen LogP contribution is -2.37. The van der Waals surface area contributed by atoms with Crippen LogP contribution in [0.1, 0.15) is 12.5 Å². The maximum Gasteiger partial charge on any atom is 0.0587 e. The zero-order valence-corrected chi connectivity index (χ0v) is 11.7. The van der Waals surface area contributed by atoms with Crippen molar-refractivity contribution in [1.82, 2.24) is 15.6 Å². The van der Waals surface area contributed by atoms with E-state index < -0.39 is 0 Å². The first-order valence-corrected chi connectivity index (χ1v) is 6.79. The third-order valence-electron chi connectivity index (χ3n) is 3.25. The van der Waals surface area contributed by atoms with E-state index in [2.05, 4.69) is 46.8 Å². The summed E-state index contributed by atoms with van der Waals surface area (Å²) in [4.78, 5) is 3.30. The molecule has 19 heavy (non-hydrogen) atoms. The Labute approximate surface area is 114 Å². The van der Waals surface area contributed by atoms with Crippen LogP contribution in [0.5, 0.6) is 0 Å². The normalized spacial score (nSPS) is 12.9. The molecule has 0 aliphatic rings. The maximum absolute atomic E-state index is 5.01. The van der Waals surface area contributed by atoms with Crippen molar-refractivity contribution in [1.29, 1.82) is 0 Å². The SMILES string of the molecule is COCCNCC(C)NCc1cccc2cc[nH]c12. The second-order valence-electron chi connectivity index (χ2n) is 4.84. The zero-order valence-electron chi connectivity index (χ0n) is 11.7. The molecule has 0 amide bonds. The number of hydrogen-bond acceptors (Lipinski definition) is 3. The van der Waals surface area contributed by atoms with Gasteiger partial charge in [0, 0.05) is 44.5 Å². The molecule has 1 aromatic carbocycles. The lowest BCUT2D eigenvalue weighted by molar-refractivity contribution is 0.198. The summed E-state index contributed by atoms with van der Waals surface area (Å²) in [5.74, 6) is 0. The molecule has 0 aliphatic heterocycles. The van der Waals surface area contributed by atoms with Crippen molar-refractivity contribution in [2.75, 3.05) is 26.8 Å². The number of ether oxygens (including phenoxy) is 1. The van der Waals surface area contributed by atoms with Crippen molar-refractivity contribution in [3.63, 3.8) is 0 Å². The Morgan fingerprint density at radius 1 is 1.32 bits per heavy atom. The molecular weight excluding hydrogens is 238 g/mol. The highest BCUT2D eigenvalue weighted by molar-refractivity contribution is 5.82. The van der Waals surface area contributed by atoms with Crippen LogP contribution in [0.2, 0.25) is 0 Å². The molecule has 0 bridgehead atoms. The number of fused-ring (bicyclic) bond motifs is 1. The Hall–Kier alpha value is -1.36. The van der Waals surface area contributed by atoms with Gasteiger partial charge in [-0.05, 0) is 23.9 Å². The molecule has 2 aromatic rings. The monoisotopic (exact) mass is 261 g/mol. The summed E-state index contributed by atoms with van der Waals surface area (Å²) in [5, 5.41) is 8.16. The molecule has 2 rings (SSSR count). The Balaban J connectivity index is 1.80. The van der Waals surface area contributed by atoms with Crippen LogP contribution >= 0.6 is 0 Å². The number of methoxy groups -OCH3 is 1. The van der Waals surface area contributed by atoms with Gasteiger partial charge in [-0.25, -0.2) is 0 Å². The van der Waals surface area contributed by atoms with Gasteiger partial charge in [-0.2, -0.15) is 0 Å². The van der Waals surface area contributed by atoms with E-state index in [1.165, 1.54) is 16.5 Å². The van der Waals surface area contributed by atoms with Crippen LogP contribution in [0.4, 0.5) is 0 Å². The molecule has 0 spiro atoms. The van der Waals surface area contributed by atoms with E-state index in [1.807, 2.05) is 6.20 Å². The lowest BCUT2D eigenvalue weighted by atomic mass is 10.1. The van der Waals surface area contributed by atoms with Crippen LogP contribution in [-0.4, -0.2) is 37.8 Å². The fraction of sp³-hybridized carbons (Fsp3) is 0.467. The van der Waals surface area contributed by atoms with Gasteiger partial charge in [0.05, 0.1) is 6.61 Å². The Morgan fingerprint density at radius 3 is 3.05 bits per heavy atom. The fourth-order valence-electron chi connectivity index (χ4n) is 2.15. The third kappa shape index (κ3) is 4.06. The Morgan fingerprint density at radius 2 is 2.21 bits per heavy atom. The highest BCUT2D eigenvalue weighted by Crippen LogP contribution is 2.16. The van der Waals surface area contributed by atoms with Crippen LogP contribution in [0, 0.1) is 0 Å². The standard InChI is InChI=1S/C15H23N3O/c1-12(10-16-8-9-19-2)18-11-14-5-3-4-13-6-7-17-15(13)14/h3-7,12,16-18H,8-11H2,1-2H3. The summed E-state index contributed by atoms with van der Waals surface area (Å²) in [7, 11) is 1.72. The average Bonchev–Trinajstić information content (AvgIpc) is 2.90. The van der Waals surface area contributed by atoms with Crippen molar-refractivity contribution in [3.05, 3.63) is 36.0 Å². The van der Waals surface area contributed by atoms with Gasteiger partial charge >= 0.3 is 0 Å². The first-order chi connectivity index (χ1) is 9.31. The molecule has 1 heterocycles. The van der Waals surface area contributed by atoms with Gasteiger partial charge in [0.1, 0.15) is 0 Å². The predicted molar refractivity (Wildman–Crippen MR) is 79.3 cm³/mol. The summed E-state index contributed by atoms with van der Waals surface area (Å²) in [6.07, 6.45) is 1.99. The number of para-hydroxylation sites is 1. The van der Waals surface area contributed by atoms with Gasteiger partial charge in [-0.15, -0.1) is 0 Å². The molecule has 1 aromatic heterocycles. The lowest BCUT2D eigenvalue weighted by Gasteiger charge is -2.15. The minimum atomic E-state index is 0.432. The molecule has 0 radical (unpaired) electrons. The van der Waals surface area contributed by atoms with Crippen molar-refractivity contribution in [2.24, 2.45) is 0 Å². The van der Waals surface area contributed by atoms with E-state index in [9.17, 15) is 0 Å². The molecule has 1 atom stereocenters. The molecule has 0 fully saturated rings. The number of H-pyrrole nitrogens is 1. The van der Waals surface area contributed by atoms with Crippen molar-refractivity contribution in [2.45, 2.75) is 19.5 Å². The van der Waals surface area contributed by atoms with Crippen LogP contribution in [0.3, 0.4) is 0 Å². The smallest absolute Gasteiger partial charge is 0.0587 e. The van der Waals surface area contributed by atoms with Crippen molar-refractivity contribution < 1.29 is 4.74 Å². The maximum atomic E-state index is 5.01. The summed E-state index contributed by atoms with van der Waals surface area (Å²) >= 11 is 0. The summed E-state index contributed by atoms with van der Waals surface area (Å²) in [6.45, 7) is 5.67. The van der Waals surface area contributed by atoms with Crippen LogP contribution < -0.4 is 10.6 Å². The zero-order chi connectivity index (χ0) is 13.5. The Bertz CT molecular complexity index is 495. The summed E-state index contributed by atoms with van der Waals surface area (Å²) in [6, 6.07) is 8.94. The largest absolute Gasteiger partial charge is 0.383 e. The molecule has 4 nitrogen and oxygen atoms in total. The van der Waals surface area contributed by atoms with E-state index in [0.717, 1.165) is 26.2 Å². The summed E-state index contributed by atoms with van der Waals surface area (Å²) in [5.41, 5.74) is 2.54. The van der Waals surface area contributed by atoms with Gasteiger partial charge < -0.3 is 20.4 Å². The Kier molecular flexibility index (Phi) is 5.39. The number of aromatic nitrogens is 1. The highest BCUT2D eigenvalue weighted by atomic mass is 16.5. The fourth-order valence-corrected chi connectivity index (χ4v) is 2.15. The van der Waals surface area contributed by atoms with Gasteiger partial charge in [0.15, 0.2) is 0 Å². The predicted octanol–water partition coefficient (Wildman–Crippen LogP) is 1.88. The van der Waals surface area contributed by atoms with E-state index in [1.54, 1.807) is 7.11 Å². The topological polar surface area (TPSA) is 49.1 Å². The molecule has 4 heteroatoms. The number of benzene rings is 1. The summed E-state index contributed by atoms with van der Waals surface area (Å²) < 4.78 is 5.01. The van der Waals surface area contributed by atoms with Gasteiger partial charge in [0.2, 0.25) is 0 Å². The second kappa shape index (κ2) is 7.28. The molecule has 0 aliphatic carbocycles. The quantitative estimate of drug-likeness (QED) is 0.636. The van der Waals surface area contributed by atoms with E-state index in [0.29, 0.717) is 6.04 Å². The minimum absolute atomic E-state index is 0.432.